The molecule has 140 valence electrons. The van der Waals surface area contributed by atoms with Gasteiger partial charge < -0.3 is 9.84 Å². The Bertz CT molecular complexity index is 1020. The van der Waals surface area contributed by atoms with Gasteiger partial charge in [0.25, 0.3) is 0 Å². The van der Waals surface area contributed by atoms with Crippen LogP contribution in [0.5, 0.6) is 0 Å². The number of hydrogen-bond acceptors (Lipinski definition) is 6. The van der Waals surface area contributed by atoms with Gasteiger partial charge in [-0.25, -0.2) is 13.1 Å². The molecular weight excluding hydrogens is 368 g/mol. The highest BCUT2D eigenvalue weighted by molar-refractivity contribution is 7.89. The van der Waals surface area contributed by atoms with Crippen LogP contribution < -0.4 is 10.0 Å². The van der Waals surface area contributed by atoms with Gasteiger partial charge in [0.15, 0.2) is 0 Å². The molecule has 3 rings (SSSR count). The molecule has 1 aromatic heterocycles. The molecule has 3 aromatic rings. The molecule has 0 spiro atoms. The first-order valence-corrected chi connectivity index (χ1v) is 9.68. The summed E-state index contributed by atoms with van der Waals surface area (Å²) in [5.41, 5.74) is 1.35. The maximum atomic E-state index is 12.1. The second kappa shape index (κ2) is 8.11. The molecule has 27 heavy (non-hydrogen) atoms. The zero-order chi connectivity index (χ0) is 19.3. The van der Waals surface area contributed by atoms with Crippen LogP contribution in [0.25, 0.3) is 11.4 Å². The highest BCUT2D eigenvalue weighted by Gasteiger charge is 2.12. The zero-order valence-corrected chi connectivity index (χ0v) is 15.4. The van der Waals surface area contributed by atoms with E-state index in [1.54, 1.807) is 0 Å². The summed E-state index contributed by atoms with van der Waals surface area (Å²) in [7, 11) is -2.16. The largest absolute Gasteiger partial charge is 0.339 e. The fourth-order valence-electron chi connectivity index (χ4n) is 2.34. The van der Waals surface area contributed by atoms with Crippen molar-refractivity contribution in [2.75, 3.05) is 12.4 Å². The summed E-state index contributed by atoms with van der Waals surface area (Å²) < 4.78 is 30.8. The standard InChI is InChI=1S/C18H18N4O4S/c1-19-27(24,25)15-9-7-14(8-10-15)20-16(23)11-12-17-21-18(22-26-17)13-5-3-2-4-6-13/h2-10,19H,11-12H2,1H3,(H,20,23). The van der Waals surface area contributed by atoms with Gasteiger partial charge in [-0.15, -0.1) is 0 Å². The predicted molar refractivity (Wildman–Crippen MR) is 99.4 cm³/mol. The second-order valence-corrected chi connectivity index (χ2v) is 7.54. The van der Waals surface area contributed by atoms with Crippen molar-refractivity contribution in [2.45, 2.75) is 17.7 Å². The molecule has 0 saturated heterocycles. The number of sulfonamides is 1. The number of carbonyl (C=O) groups is 1. The van der Waals surface area contributed by atoms with Gasteiger partial charge >= 0.3 is 0 Å². The van der Waals surface area contributed by atoms with Crippen LogP contribution in [0.4, 0.5) is 5.69 Å². The third-order valence-electron chi connectivity index (χ3n) is 3.78. The van der Waals surface area contributed by atoms with E-state index in [4.69, 9.17) is 4.52 Å². The third kappa shape index (κ3) is 4.78. The topological polar surface area (TPSA) is 114 Å². The van der Waals surface area contributed by atoms with E-state index in [0.717, 1.165) is 5.56 Å². The quantitative estimate of drug-likeness (QED) is 0.643. The number of aromatic nitrogens is 2. The van der Waals surface area contributed by atoms with Gasteiger partial charge in [0.2, 0.25) is 27.6 Å². The van der Waals surface area contributed by atoms with Crippen molar-refractivity contribution in [3.8, 4) is 11.4 Å². The lowest BCUT2D eigenvalue weighted by molar-refractivity contribution is -0.116. The number of nitrogens with one attached hydrogen (secondary N) is 2. The highest BCUT2D eigenvalue weighted by atomic mass is 32.2. The number of benzene rings is 2. The van der Waals surface area contributed by atoms with E-state index in [1.807, 2.05) is 30.3 Å². The van der Waals surface area contributed by atoms with E-state index in [2.05, 4.69) is 20.2 Å². The van der Waals surface area contributed by atoms with E-state index in [-0.39, 0.29) is 17.2 Å². The Hall–Kier alpha value is -3.04. The zero-order valence-electron chi connectivity index (χ0n) is 14.5. The van der Waals surface area contributed by atoms with Crippen molar-refractivity contribution in [1.29, 1.82) is 0 Å². The number of aryl methyl sites for hydroxylation is 1. The molecule has 1 amide bonds. The van der Waals surface area contributed by atoms with Crippen molar-refractivity contribution in [1.82, 2.24) is 14.9 Å². The molecular formula is C18H18N4O4S. The van der Waals surface area contributed by atoms with Crippen molar-refractivity contribution in [2.24, 2.45) is 0 Å². The average molecular weight is 386 g/mol. The molecule has 0 aliphatic heterocycles. The Morgan fingerprint density at radius 2 is 1.78 bits per heavy atom. The molecule has 0 saturated carbocycles. The Kier molecular flexibility index (Phi) is 5.63. The summed E-state index contributed by atoms with van der Waals surface area (Å²) in [6.45, 7) is 0. The van der Waals surface area contributed by atoms with E-state index in [1.165, 1.54) is 31.3 Å². The monoisotopic (exact) mass is 386 g/mol. The Morgan fingerprint density at radius 1 is 1.07 bits per heavy atom. The summed E-state index contributed by atoms with van der Waals surface area (Å²) in [5.74, 6) is 0.616. The van der Waals surface area contributed by atoms with Crippen LogP contribution in [0, 0.1) is 0 Å². The van der Waals surface area contributed by atoms with Gasteiger partial charge in [-0.05, 0) is 31.3 Å². The molecule has 0 fully saturated rings. The molecule has 8 nitrogen and oxygen atoms in total. The molecule has 0 atom stereocenters. The maximum absolute atomic E-state index is 12.1. The van der Waals surface area contributed by atoms with E-state index in [0.29, 0.717) is 23.8 Å². The maximum Gasteiger partial charge on any atom is 0.240 e. The lowest BCUT2D eigenvalue weighted by Crippen LogP contribution is -2.18. The minimum atomic E-state index is -3.50. The molecule has 0 bridgehead atoms. The molecule has 1 heterocycles. The van der Waals surface area contributed by atoms with Gasteiger partial charge in [-0.2, -0.15) is 4.98 Å². The molecule has 0 aliphatic rings. The summed E-state index contributed by atoms with van der Waals surface area (Å²) in [4.78, 5) is 16.5. The van der Waals surface area contributed by atoms with Crippen LogP contribution in [-0.4, -0.2) is 31.5 Å². The number of carbonyl (C=O) groups excluding carboxylic acids is 1. The molecule has 0 aliphatic carbocycles. The number of nitrogens with zero attached hydrogens (tertiary/aromatic N) is 2. The first-order chi connectivity index (χ1) is 13.0. The second-order valence-electron chi connectivity index (χ2n) is 5.66. The fraction of sp³-hybridized carbons (Fsp3) is 0.167. The molecule has 9 heteroatoms. The fourth-order valence-corrected chi connectivity index (χ4v) is 3.07. The van der Waals surface area contributed by atoms with E-state index in [9.17, 15) is 13.2 Å². The van der Waals surface area contributed by atoms with Crippen LogP contribution in [0.1, 0.15) is 12.3 Å². The van der Waals surface area contributed by atoms with Crippen molar-refractivity contribution >= 4 is 21.6 Å². The van der Waals surface area contributed by atoms with Gasteiger partial charge in [0.05, 0.1) is 4.90 Å². The van der Waals surface area contributed by atoms with E-state index < -0.39 is 10.0 Å². The van der Waals surface area contributed by atoms with Crippen LogP contribution in [-0.2, 0) is 21.2 Å². The molecule has 2 N–H and O–H groups in total. The number of rotatable bonds is 7. The normalized spacial score (nSPS) is 11.3. The number of anilines is 1. The Labute approximate surface area is 156 Å². The van der Waals surface area contributed by atoms with Crippen LogP contribution in [0.3, 0.4) is 0 Å². The van der Waals surface area contributed by atoms with Crippen molar-refractivity contribution in [3.05, 3.63) is 60.5 Å². The van der Waals surface area contributed by atoms with Crippen molar-refractivity contribution in [3.63, 3.8) is 0 Å². The van der Waals surface area contributed by atoms with Gasteiger partial charge in [0.1, 0.15) is 0 Å². The smallest absolute Gasteiger partial charge is 0.240 e. The van der Waals surface area contributed by atoms with Gasteiger partial charge in [-0.3, -0.25) is 4.79 Å². The summed E-state index contributed by atoms with van der Waals surface area (Å²) in [6, 6.07) is 15.3. The Balaban J connectivity index is 1.55. The van der Waals surface area contributed by atoms with Crippen LogP contribution >= 0.6 is 0 Å². The summed E-state index contributed by atoms with van der Waals surface area (Å²) >= 11 is 0. The highest BCUT2D eigenvalue weighted by Crippen LogP contribution is 2.16. The lowest BCUT2D eigenvalue weighted by Gasteiger charge is -2.06. The number of hydrogen-bond donors (Lipinski definition) is 2. The lowest BCUT2D eigenvalue weighted by atomic mass is 10.2. The van der Waals surface area contributed by atoms with Crippen LogP contribution in [0.15, 0.2) is 64.0 Å². The third-order valence-corrected chi connectivity index (χ3v) is 5.21. The Morgan fingerprint density at radius 3 is 2.44 bits per heavy atom. The first-order valence-electron chi connectivity index (χ1n) is 8.19. The minimum absolute atomic E-state index is 0.127. The van der Waals surface area contributed by atoms with Crippen LogP contribution in [0.2, 0.25) is 0 Å². The van der Waals surface area contributed by atoms with Gasteiger partial charge in [0, 0.05) is 24.1 Å². The summed E-state index contributed by atoms with van der Waals surface area (Å²) in [6.07, 6.45) is 0.463. The first kappa shape index (κ1) is 18.7. The molecule has 0 radical (unpaired) electrons. The van der Waals surface area contributed by atoms with E-state index >= 15 is 0 Å². The molecule has 0 unspecified atom stereocenters. The minimum Gasteiger partial charge on any atom is -0.339 e. The predicted octanol–water partition coefficient (Wildman–Crippen LogP) is 2.22. The van der Waals surface area contributed by atoms with Crippen molar-refractivity contribution < 1.29 is 17.7 Å². The molecule has 2 aromatic carbocycles. The summed E-state index contributed by atoms with van der Waals surface area (Å²) in [5, 5.41) is 6.61. The van der Waals surface area contributed by atoms with Gasteiger partial charge in [-0.1, -0.05) is 35.5 Å². The SMILES string of the molecule is CNS(=O)(=O)c1ccc(NC(=O)CCc2nc(-c3ccccc3)no2)cc1. The average Bonchev–Trinajstić information content (AvgIpc) is 3.17. The number of amides is 1.